The van der Waals surface area contributed by atoms with Crippen molar-refractivity contribution in [2.45, 2.75) is 38.8 Å². The van der Waals surface area contributed by atoms with Gasteiger partial charge in [-0.2, -0.15) is 0 Å². The number of thiophene rings is 1. The summed E-state index contributed by atoms with van der Waals surface area (Å²) in [5, 5.41) is 3.45. The van der Waals surface area contributed by atoms with Gasteiger partial charge in [0.1, 0.15) is 0 Å². The van der Waals surface area contributed by atoms with Gasteiger partial charge in [-0.15, -0.1) is 11.3 Å². The molecule has 1 unspecified atom stereocenters. The van der Waals surface area contributed by atoms with E-state index in [1.54, 1.807) is 17.0 Å². The molecule has 7 heteroatoms. The molecule has 1 atom stereocenters. The summed E-state index contributed by atoms with van der Waals surface area (Å²) < 4.78 is 5.82. The smallest absolute Gasteiger partial charge is 0.408 e. The highest BCUT2D eigenvalue weighted by atomic mass is 35.5. The second-order valence-electron chi connectivity index (χ2n) is 5.63. The van der Waals surface area contributed by atoms with Gasteiger partial charge >= 0.3 is 6.09 Å². The summed E-state index contributed by atoms with van der Waals surface area (Å²) in [5.74, 6) is -0.201. The Balaban J connectivity index is 1.96. The predicted molar refractivity (Wildman–Crippen MR) is 79.5 cm³/mol. The van der Waals surface area contributed by atoms with Crippen LogP contribution in [0.15, 0.2) is 12.1 Å². The summed E-state index contributed by atoms with van der Waals surface area (Å²) in [6.07, 6.45) is -0.800. The Labute approximate surface area is 126 Å². The monoisotopic (exact) mass is 316 g/mol. The number of alkyl carbamates (subject to hydrolysis) is 1. The first-order valence-electron chi connectivity index (χ1n) is 6.32. The molecule has 0 aliphatic carbocycles. The Hall–Kier alpha value is -1.27. The van der Waals surface area contributed by atoms with Crippen molar-refractivity contribution in [1.82, 2.24) is 5.32 Å². The van der Waals surface area contributed by atoms with Gasteiger partial charge in [-0.05, 0) is 32.9 Å². The van der Waals surface area contributed by atoms with Gasteiger partial charge < -0.3 is 15.0 Å². The first-order valence-corrected chi connectivity index (χ1v) is 7.51. The van der Waals surface area contributed by atoms with Crippen LogP contribution in [0.25, 0.3) is 0 Å². The van der Waals surface area contributed by atoms with Gasteiger partial charge in [0.2, 0.25) is 0 Å². The first-order chi connectivity index (χ1) is 9.26. The minimum atomic E-state index is -0.724. The fourth-order valence-electron chi connectivity index (χ4n) is 1.90. The predicted octanol–water partition coefficient (Wildman–Crippen LogP) is 3.03. The fourth-order valence-corrected chi connectivity index (χ4v) is 2.96. The Kier molecular flexibility index (Phi) is 4.25. The summed E-state index contributed by atoms with van der Waals surface area (Å²) in [7, 11) is 0. The number of nitrogens with one attached hydrogen (secondary N) is 1. The van der Waals surface area contributed by atoms with Crippen LogP contribution in [-0.2, 0) is 9.53 Å². The van der Waals surface area contributed by atoms with Crippen LogP contribution < -0.4 is 10.2 Å². The van der Waals surface area contributed by atoms with E-state index >= 15 is 0 Å². The van der Waals surface area contributed by atoms with Gasteiger partial charge in [0.05, 0.1) is 9.34 Å². The van der Waals surface area contributed by atoms with Crippen molar-refractivity contribution < 1.29 is 14.3 Å². The van der Waals surface area contributed by atoms with Crippen LogP contribution in [0.1, 0.15) is 27.2 Å². The molecule has 0 saturated carbocycles. The molecule has 1 saturated heterocycles. The molecule has 0 spiro atoms. The van der Waals surface area contributed by atoms with Crippen molar-refractivity contribution in [1.29, 1.82) is 0 Å². The average Bonchev–Trinajstić information content (AvgIpc) is 2.84. The molecule has 0 bridgehead atoms. The number of amides is 2. The maximum absolute atomic E-state index is 12.2. The molecule has 2 heterocycles. The van der Waals surface area contributed by atoms with Crippen molar-refractivity contribution in [3.8, 4) is 0 Å². The molecule has 0 aromatic carbocycles. The quantitative estimate of drug-likeness (QED) is 0.912. The molecule has 1 fully saturated rings. The number of nitrogens with zero attached hydrogens (tertiary/aromatic N) is 1. The number of hydrogen-bond donors (Lipinski definition) is 1. The SMILES string of the molecule is CC(C)(C)NC(=O)OC1CCN(c2ccc(Cl)s2)C1=O. The fraction of sp³-hybridized carbons (Fsp3) is 0.538. The summed E-state index contributed by atoms with van der Waals surface area (Å²) in [4.78, 5) is 25.5. The third kappa shape index (κ3) is 3.64. The van der Waals surface area contributed by atoms with Gasteiger partial charge in [0, 0.05) is 18.5 Å². The summed E-state index contributed by atoms with van der Waals surface area (Å²) >= 11 is 7.20. The standard InChI is InChI=1S/C13H17ClN2O3S/c1-13(2,3)15-12(18)19-8-6-7-16(11(8)17)10-5-4-9(14)20-10/h4-5,8H,6-7H2,1-3H3,(H,15,18). The number of rotatable bonds is 2. The van der Waals surface area contributed by atoms with Crippen molar-refractivity contribution in [2.24, 2.45) is 0 Å². The minimum absolute atomic E-state index is 0.201. The number of carbonyl (C=O) groups is 2. The normalized spacial score (nSPS) is 19.3. The zero-order valence-corrected chi connectivity index (χ0v) is 13.2. The number of carbonyl (C=O) groups excluding carboxylic acids is 2. The zero-order valence-electron chi connectivity index (χ0n) is 11.6. The van der Waals surface area contributed by atoms with Gasteiger partial charge in [-0.1, -0.05) is 11.6 Å². The van der Waals surface area contributed by atoms with Crippen LogP contribution in [0.2, 0.25) is 4.34 Å². The van der Waals surface area contributed by atoms with Gasteiger partial charge in [0.15, 0.2) is 6.10 Å². The van der Waals surface area contributed by atoms with Crippen molar-refractivity contribution in [3.63, 3.8) is 0 Å². The van der Waals surface area contributed by atoms with Crippen molar-refractivity contribution in [3.05, 3.63) is 16.5 Å². The van der Waals surface area contributed by atoms with E-state index in [9.17, 15) is 9.59 Å². The summed E-state index contributed by atoms with van der Waals surface area (Å²) in [6.45, 7) is 6.09. The Morgan fingerprint density at radius 2 is 2.20 bits per heavy atom. The van der Waals surface area contributed by atoms with E-state index in [0.29, 0.717) is 17.3 Å². The van der Waals surface area contributed by atoms with Crippen molar-refractivity contribution >= 4 is 39.9 Å². The van der Waals surface area contributed by atoms with Crippen LogP contribution in [-0.4, -0.2) is 30.2 Å². The second kappa shape index (κ2) is 5.61. The van der Waals surface area contributed by atoms with Gasteiger partial charge in [-0.3, -0.25) is 4.79 Å². The molecule has 1 aromatic heterocycles. The highest BCUT2D eigenvalue weighted by Crippen LogP contribution is 2.32. The Bertz CT molecular complexity index is 524. The molecule has 1 aromatic rings. The van der Waals surface area contributed by atoms with Crippen LogP contribution >= 0.6 is 22.9 Å². The van der Waals surface area contributed by atoms with E-state index in [1.807, 2.05) is 20.8 Å². The van der Waals surface area contributed by atoms with Crippen LogP contribution in [0.3, 0.4) is 0 Å². The minimum Gasteiger partial charge on any atom is -0.436 e. The second-order valence-corrected chi connectivity index (χ2v) is 7.32. The molecule has 0 radical (unpaired) electrons. The van der Waals surface area contributed by atoms with Gasteiger partial charge in [0.25, 0.3) is 5.91 Å². The highest BCUT2D eigenvalue weighted by Gasteiger charge is 2.36. The lowest BCUT2D eigenvalue weighted by Crippen LogP contribution is -2.43. The van der Waals surface area contributed by atoms with E-state index < -0.39 is 12.2 Å². The highest BCUT2D eigenvalue weighted by molar-refractivity contribution is 7.20. The molecule has 2 amide bonds. The lowest BCUT2D eigenvalue weighted by molar-refractivity contribution is -0.124. The van der Waals surface area contributed by atoms with Crippen LogP contribution in [0.4, 0.5) is 9.80 Å². The van der Waals surface area contributed by atoms with E-state index in [-0.39, 0.29) is 11.4 Å². The van der Waals surface area contributed by atoms with E-state index in [2.05, 4.69) is 5.32 Å². The molecule has 5 nitrogen and oxygen atoms in total. The number of anilines is 1. The molecular formula is C13H17ClN2O3S. The molecule has 110 valence electrons. The van der Waals surface area contributed by atoms with Crippen molar-refractivity contribution in [2.75, 3.05) is 11.4 Å². The Morgan fingerprint density at radius 3 is 2.75 bits per heavy atom. The Morgan fingerprint density at radius 1 is 1.50 bits per heavy atom. The third-order valence-corrected chi connectivity index (χ3v) is 3.96. The molecular weight excluding hydrogens is 300 g/mol. The number of halogens is 1. The van der Waals surface area contributed by atoms with Gasteiger partial charge in [-0.25, -0.2) is 4.79 Å². The largest absolute Gasteiger partial charge is 0.436 e. The number of ether oxygens (including phenoxy) is 1. The summed E-state index contributed by atoms with van der Waals surface area (Å²) in [5.41, 5.74) is -0.389. The zero-order chi connectivity index (χ0) is 14.9. The third-order valence-electron chi connectivity index (χ3n) is 2.71. The lowest BCUT2D eigenvalue weighted by Gasteiger charge is -2.21. The van der Waals surface area contributed by atoms with Crippen LogP contribution in [0.5, 0.6) is 0 Å². The van der Waals surface area contributed by atoms with E-state index in [1.165, 1.54) is 11.3 Å². The molecule has 20 heavy (non-hydrogen) atoms. The summed E-state index contributed by atoms with van der Waals surface area (Å²) in [6, 6.07) is 3.54. The maximum atomic E-state index is 12.2. The molecule has 1 N–H and O–H groups in total. The van der Waals surface area contributed by atoms with E-state index in [0.717, 1.165) is 5.00 Å². The first kappa shape index (κ1) is 15.1. The van der Waals surface area contributed by atoms with Crippen LogP contribution in [0, 0.1) is 0 Å². The number of hydrogen-bond acceptors (Lipinski definition) is 4. The lowest BCUT2D eigenvalue weighted by atomic mass is 10.1. The maximum Gasteiger partial charge on any atom is 0.408 e. The molecule has 1 aliphatic rings. The molecule has 2 rings (SSSR count). The van der Waals surface area contributed by atoms with E-state index in [4.69, 9.17) is 16.3 Å². The average molecular weight is 317 g/mol. The molecule has 1 aliphatic heterocycles. The topological polar surface area (TPSA) is 58.6 Å².